The molecule has 0 aliphatic carbocycles. The fourth-order valence-corrected chi connectivity index (χ4v) is 2.60. The van der Waals surface area contributed by atoms with Crippen LogP contribution in [0.2, 0.25) is 5.02 Å². The molecule has 3 nitrogen and oxygen atoms in total. The summed E-state index contributed by atoms with van der Waals surface area (Å²) in [5.41, 5.74) is 8.61. The highest BCUT2D eigenvalue weighted by molar-refractivity contribution is 9.10. The first-order valence-electron chi connectivity index (χ1n) is 5.84. The third kappa shape index (κ3) is 3.39. The summed E-state index contributed by atoms with van der Waals surface area (Å²) in [6.07, 6.45) is 1.79. The molecule has 1 aromatic heterocycles. The number of hydrogen-bond donors (Lipinski definition) is 1. The minimum atomic E-state index is 0.666. The Labute approximate surface area is 126 Å². The number of nitrogens with zero attached hydrogens (tertiary/aromatic N) is 2. The van der Waals surface area contributed by atoms with E-state index in [-0.39, 0.29) is 0 Å². The van der Waals surface area contributed by atoms with Gasteiger partial charge in [0.05, 0.1) is 0 Å². The summed E-state index contributed by atoms with van der Waals surface area (Å²) < 4.78 is 0.976. The van der Waals surface area contributed by atoms with E-state index < -0.39 is 0 Å². The molecule has 0 amide bonds. The summed E-state index contributed by atoms with van der Waals surface area (Å²) >= 11 is 9.60. The van der Waals surface area contributed by atoms with Gasteiger partial charge >= 0.3 is 0 Å². The molecule has 0 radical (unpaired) electrons. The van der Waals surface area contributed by atoms with Gasteiger partial charge in [0.2, 0.25) is 0 Å². The molecule has 0 saturated heterocycles. The molecule has 2 N–H and O–H groups in total. The second-order valence-corrected chi connectivity index (χ2v) is 5.82. The van der Waals surface area contributed by atoms with Gasteiger partial charge in [-0.2, -0.15) is 0 Å². The predicted molar refractivity (Wildman–Crippen MR) is 84.6 cm³/mol. The number of rotatable bonds is 3. The molecule has 100 valence electrons. The molecule has 0 unspecified atom stereocenters. The van der Waals surface area contributed by atoms with Crippen molar-refractivity contribution in [3.05, 3.63) is 51.1 Å². The molecule has 0 fully saturated rings. The Hall–Kier alpha value is -1.26. The molecule has 1 heterocycles. The number of halogens is 2. The molecule has 0 spiro atoms. The van der Waals surface area contributed by atoms with E-state index >= 15 is 0 Å². The second-order valence-electron chi connectivity index (χ2n) is 4.50. The quantitative estimate of drug-likeness (QED) is 0.858. The number of pyridine rings is 1. The van der Waals surface area contributed by atoms with Gasteiger partial charge < -0.3 is 10.6 Å². The topological polar surface area (TPSA) is 42.2 Å². The van der Waals surface area contributed by atoms with Gasteiger partial charge in [-0.3, -0.25) is 0 Å². The van der Waals surface area contributed by atoms with Gasteiger partial charge in [0.1, 0.15) is 5.82 Å². The van der Waals surface area contributed by atoms with Crippen LogP contribution >= 0.6 is 27.5 Å². The van der Waals surface area contributed by atoms with Crippen LogP contribution in [0.15, 0.2) is 34.9 Å². The molecule has 0 aliphatic rings. The Morgan fingerprint density at radius 1 is 1.37 bits per heavy atom. The van der Waals surface area contributed by atoms with Crippen molar-refractivity contribution in [2.45, 2.75) is 13.5 Å². The zero-order chi connectivity index (χ0) is 14.0. The van der Waals surface area contributed by atoms with Gasteiger partial charge in [0, 0.05) is 35.0 Å². The Kier molecular flexibility index (Phi) is 4.32. The van der Waals surface area contributed by atoms with Crippen LogP contribution in [0.3, 0.4) is 0 Å². The van der Waals surface area contributed by atoms with Crippen molar-refractivity contribution in [1.29, 1.82) is 0 Å². The van der Waals surface area contributed by atoms with Crippen LogP contribution < -0.4 is 10.6 Å². The third-order valence-corrected chi connectivity index (χ3v) is 3.66. The van der Waals surface area contributed by atoms with Crippen molar-refractivity contribution in [2.75, 3.05) is 17.7 Å². The largest absolute Gasteiger partial charge is 0.399 e. The lowest BCUT2D eigenvalue weighted by Gasteiger charge is -2.21. The monoisotopic (exact) mass is 339 g/mol. The highest BCUT2D eigenvalue weighted by Gasteiger charge is 2.09. The van der Waals surface area contributed by atoms with E-state index in [2.05, 4.69) is 25.8 Å². The maximum Gasteiger partial charge on any atom is 0.131 e. The minimum absolute atomic E-state index is 0.666. The fraction of sp³-hybridized carbons (Fsp3) is 0.214. The summed E-state index contributed by atoms with van der Waals surface area (Å²) in [6, 6.07) is 7.56. The third-order valence-electron chi connectivity index (χ3n) is 2.86. The van der Waals surface area contributed by atoms with Crippen molar-refractivity contribution < 1.29 is 0 Å². The van der Waals surface area contributed by atoms with Crippen LogP contribution in [0.4, 0.5) is 11.5 Å². The van der Waals surface area contributed by atoms with Crippen molar-refractivity contribution in [2.24, 2.45) is 0 Å². The molecule has 1 aromatic carbocycles. The van der Waals surface area contributed by atoms with Crippen molar-refractivity contribution >= 4 is 39.0 Å². The van der Waals surface area contributed by atoms with Crippen LogP contribution in [0.5, 0.6) is 0 Å². The Bertz CT molecular complexity index is 601. The second kappa shape index (κ2) is 5.80. The summed E-state index contributed by atoms with van der Waals surface area (Å²) in [7, 11) is 1.99. The zero-order valence-corrected chi connectivity index (χ0v) is 13.2. The van der Waals surface area contributed by atoms with Crippen LogP contribution in [0.1, 0.15) is 11.1 Å². The first-order chi connectivity index (χ1) is 8.97. The Balaban J connectivity index is 2.25. The van der Waals surface area contributed by atoms with E-state index in [9.17, 15) is 0 Å². The first kappa shape index (κ1) is 14.2. The fourth-order valence-electron chi connectivity index (χ4n) is 1.98. The number of benzene rings is 1. The zero-order valence-electron chi connectivity index (χ0n) is 10.8. The van der Waals surface area contributed by atoms with Gasteiger partial charge in [0.25, 0.3) is 0 Å². The van der Waals surface area contributed by atoms with E-state index in [0.717, 1.165) is 26.4 Å². The normalized spacial score (nSPS) is 10.5. The predicted octanol–water partition coefficient (Wildman–Crippen LogP) is 4.02. The van der Waals surface area contributed by atoms with E-state index in [1.54, 1.807) is 12.3 Å². The van der Waals surface area contributed by atoms with Crippen LogP contribution in [-0.2, 0) is 6.54 Å². The molecular formula is C14H15BrClN3. The van der Waals surface area contributed by atoms with E-state index in [1.165, 1.54) is 0 Å². The van der Waals surface area contributed by atoms with Crippen molar-refractivity contribution in [3.8, 4) is 0 Å². The molecule has 2 rings (SSSR count). The van der Waals surface area contributed by atoms with Crippen molar-refractivity contribution in [1.82, 2.24) is 4.98 Å². The molecular weight excluding hydrogens is 326 g/mol. The number of nitrogens with two attached hydrogens (primary N) is 1. The summed E-state index contributed by atoms with van der Waals surface area (Å²) in [5, 5.41) is 0.718. The van der Waals surface area contributed by atoms with Crippen molar-refractivity contribution in [3.63, 3.8) is 0 Å². The van der Waals surface area contributed by atoms with E-state index in [1.807, 2.05) is 32.2 Å². The highest BCUT2D eigenvalue weighted by atomic mass is 79.9. The lowest BCUT2D eigenvalue weighted by molar-refractivity contribution is 0.890. The smallest absolute Gasteiger partial charge is 0.131 e. The maximum absolute atomic E-state index is 6.18. The molecule has 0 saturated carbocycles. The number of aromatic nitrogens is 1. The molecule has 2 aromatic rings. The lowest BCUT2D eigenvalue weighted by Crippen LogP contribution is -2.19. The number of hydrogen-bond acceptors (Lipinski definition) is 3. The van der Waals surface area contributed by atoms with E-state index in [4.69, 9.17) is 17.3 Å². The molecule has 0 aliphatic heterocycles. The average Bonchev–Trinajstić information content (AvgIpc) is 2.33. The summed E-state index contributed by atoms with van der Waals surface area (Å²) in [5.74, 6) is 0.932. The molecule has 19 heavy (non-hydrogen) atoms. The molecule has 5 heteroatoms. The van der Waals surface area contributed by atoms with Gasteiger partial charge in [-0.25, -0.2) is 4.98 Å². The molecule has 0 atom stereocenters. The van der Waals surface area contributed by atoms with Crippen LogP contribution in [0.25, 0.3) is 0 Å². The average molecular weight is 341 g/mol. The highest BCUT2D eigenvalue weighted by Crippen LogP contribution is 2.24. The maximum atomic E-state index is 6.18. The Morgan fingerprint density at radius 3 is 2.79 bits per heavy atom. The first-order valence-corrected chi connectivity index (χ1v) is 7.01. The SMILES string of the molecule is Cc1cc(Br)cnc1N(C)Cc1cc(N)ccc1Cl. The Morgan fingerprint density at radius 2 is 2.11 bits per heavy atom. The standard InChI is InChI=1S/C14H15BrClN3/c1-9-5-11(15)7-18-14(9)19(2)8-10-6-12(17)3-4-13(10)16/h3-7H,8,17H2,1-2H3. The van der Waals surface area contributed by atoms with Crippen LogP contribution in [-0.4, -0.2) is 12.0 Å². The van der Waals surface area contributed by atoms with Crippen LogP contribution in [0, 0.1) is 6.92 Å². The van der Waals surface area contributed by atoms with E-state index in [0.29, 0.717) is 12.2 Å². The molecule has 0 bridgehead atoms. The van der Waals surface area contributed by atoms with Gasteiger partial charge in [-0.1, -0.05) is 11.6 Å². The van der Waals surface area contributed by atoms with Gasteiger partial charge in [-0.05, 0) is 58.2 Å². The number of aryl methyl sites for hydroxylation is 1. The van der Waals surface area contributed by atoms with Gasteiger partial charge in [0.15, 0.2) is 0 Å². The number of nitrogen functional groups attached to an aromatic ring is 1. The summed E-state index contributed by atoms with van der Waals surface area (Å²) in [6.45, 7) is 2.70. The lowest BCUT2D eigenvalue weighted by atomic mass is 10.2. The number of anilines is 2. The minimum Gasteiger partial charge on any atom is -0.399 e. The summed E-state index contributed by atoms with van der Waals surface area (Å²) in [4.78, 5) is 6.49. The van der Waals surface area contributed by atoms with Gasteiger partial charge in [-0.15, -0.1) is 0 Å².